The normalized spacial score (nSPS) is 49.1. The van der Waals surface area contributed by atoms with Crippen LogP contribution >= 0.6 is 0 Å². The van der Waals surface area contributed by atoms with Gasteiger partial charge in [-0.05, 0) is 92.8 Å². The maximum absolute atomic E-state index is 12.5. The lowest BCUT2D eigenvalue weighted by molar-refractivity contribution is -0.316. The summed E-state index contributed by atoms with van der Waals surface area (Å²) in [5, 5.41) is 76.3. The fraction of sp³-hybridized carbons (Fsp3) is 0.884. The Morgan fingerprint density at radius 1 is 0.875 bits per heavy atom. The van der Waals surface area contributed by atoms with Crippen molar-refractivity contribution >= 4 is 5.97 Å². The Morgan fingerprint density at radius 2 is 1.55 bits per heavy atom. The Bertz CT molecular complexity index is 1480. The van der Waals surface area contributed by atoms with Crippen molar-refractivity contribution < 1.29 is 64.2 Å². The van der Waals surface area contributed by atoms with Crippen LogP contribution in [0.5, 0.6) is 0 Å². The van der Waals surface area contributed by atoms with Gasteiger partial charge in [0.05, 0.1) is 24.9 Å². The van der Waals surface area contributed by atoms with Crippen molar-refractivity contribution in [1.29, 1.82) is 0 Å². The number of ether oxygens (including phenoxy) is 5. The Morgan fingerprint density at radius 3 is 2.21 bits per heavy atom. The first-order chi connectivity index (χ1) is 26.1. The van der Waals surface area contributed by atoms with Gasteiger partial charge in [0.15, 0.2) is 12.6 Å². The van der Waals surface area contributed by atoms with Crippen LogP contribution in [0.15, 0.2) is 23.3 Å². The van der Waals surface area contributed by atoms with Crippen LogP contribution in [0.25, 0.3) is 0 Å². The van der Waals surface area contributed by atoms with Gasteiger partial charge in [-0.1, -0.05) is 64.8 Å². The average molecular weight is 795 g/mol. The van der Waals surface area contributed by atoms with Crippen LogP contribution < -0.4 is 0 Å². The second-order valence-electron chi connectivity index (χ2n) is 19.7. The lowest BCUT2D eigenvalue weighted by atomic mass is 9.38. The molecular weight excluding hydrogens is 724 g/mol. The zero-order valence-electron chi connectivity index (χ0n) is 34.8. The van der Waals surface area contributed by atoms with Crippen molar-refractivity contribution in [2.24, 2.45) is 45.3 Å². The lowest BCUT2D eigenvalue weighted by Gasteiger charge is -2.67. The van der Waals surface area contributed by atoms with Gasteiger partial charge < -0.3 is 59.4 Å². The topological polar surface area (TPSA) is 205 Å². The third kappa shape index (κ3) is 7.48. The minimum Gasteiger partial charge on any atom is -0.463 e. The summed E-state index contributed by atoms with van der Waals surface area (Å²) in [4.78, 5) is 11.6. The van der Waals surface area contributed by atoms with Crippen molar-refractivity contribution in [3.05, 3.63) is 23.3 Å². The van der Waals surface area contributed by atoms with Gasteiger partial charge in [-0.25, -0.2) is 0 Å². The smallest absolute Gasteiger partial charge is 0.302 e. The van der Waals surface area contributed by atoms with Crippen LogP contribution in [-0.4, -0.2) is 129 Å². The predicted octanol–water partition coefficient (Wildman–Crippen LogP) is 3.13. The molecule has 0 aromatic rings. The summed E-state index contributed by atoms with van der Waals surface area (Å²) in [6, 6.07) is 0. The molecule has 19 atom stereocenters. The van der Waals surface area contributed by atoms with Crippen molar-refractivity contribution in [3.63, 3.8) is 0 Å². The van der Waals surface area contributed by atoms with Gasteiger partial charge in [0, 0.05) is 18.3 Å². The molecule has 0 amide bonds. The van der Waals surface area contributed by atoms with E-state index < -0.39 is 84.3 Å². The molecule has 6 rings (SSSR count). The molecule has 3 saturated carbocycles. The highest BCUT2D eigenvalue weighted by Gasteiger charge is 2.72. The van der Waals surface area contributed by atoms with Gasteiger partial charge in [0.1, 0.15) is 49.3 Å². The highest BCUT2D eigenvalue weighted by Crippen LogP contribution is 2.75. The molecule has 320 valence electrons. The third-order valence-electron chi connectivity index (χ3n) is 15.7. The Balaban J connectivity index is 1.31. The van der Waals surface area contributed by atoms with E-state index in [1.54, 1.807) is 0 Å². The largest absolute Gasteiger partial charge is 0.463 e. The molecule has 56 heavy (non-hydrogen) atoms. The van der Waals surface area contributed by atoms with Gasteiger partial charge in [-0.3, -0.25) is 4.79 Å². The van der Waals surface area contributed by atoms with Crippen molar-refractivity contribution in [1.82, 2.24) is 0 Å². The number of rotatable bonds is 10. The van der Waals surface area contributed by atoms with Gasteiger partial charge in [0.25, 0.3) is 0 Å². The first kappa shape index (κ1) is 44.1. The number of carbonyl (C=O) groups excluding carboxylic acids is 1. The number of allylic oxidation sites excluding steroid dienone is 2. The molecule has 2 aliphatic heterocycles. The Labute approximate surface area is 332 Å². The number of carbonyl (C=O) groups is 1. The average Bonchev–Trinajstić information content (AvgIpc) is 3.34. The van der Waals surface area contributed by atoms with Gasteiger partial charge in [-0.15, -0.1) is 0 Å². The molecule has 0 spiro atoms. The van der Waals surface area contributed by atoms with Crippen LogP contribution in [0.4, 0.5) is 0 Å². The van der Waals surface area contributed by atoms with Crippen LogP contribution in [0.3, 0.4) is 0 Å². The number of fused-ring (bicyclic) bond motifs is 5. The van der Waals surface area contributed by atoms with E-state index in [0.29, 0.717) is 12.8 Å². The molecule has 0 aromatic heterocycles. The van der Waals surface area contributed by atoms with E-state index in [0.717, 1.165) is 37.7 Å². The minimum atomic E-state index is -1.57. The maximum atomic E-state index is 12.5. The summed E-state index contributed by atoms with van der Waals surface area (Å²) >= 11 is 0. The Kier molecular flexibility index (Phi) is 12.7. The predicted molar refractivity (Wildman–Crippen MR) is 204 cm³/mol. The zero-order valence-corrected chi connectivity index (χ0v) is 34.8. The summed E-state index contributed by atoms with van der Waals surface area (Å²) in [6.45, 7) is 18.5. The Hall–Kier alpha value is -1.49. The minimum absolute atomic E-state index is 0.00303. The summed E-state index contributed by atoms with van der Waals surface area (Å²) in [5.41, 5.74) is 0.840. The number of aliphatic hydroxyl groups is 7. The van der Waals surface area contributed by atoms with E-state index in [4.69, 9.17) is 23.7 Å². The second kappa shape index (κ2) is 16.2. The highest BCUT2D eigenvalue weighted by molar-refractivity contribution is 5.65. The molecule has 6 aliphatic rings. The number of hydrogen-bond acceptors (Lipinski definition) is 13. The first-order valence-corrected chi connectivity index (χ1v) is 20.9. The molecule has 0 aromatic carbocycles. The van der Waals surface area contributed by atoms with Gasteiger partial charge in [-0.2, -0.15) is 0 Å². The lowest BCUT2D eigenvalue weighted by Crippen LogP contribution is -2.63. The molecular formula is C43H70O13. The first-order valence-electron chi connectivity index (χ1n) is 20.9. The molecule has 7 N–H and O–H groups in total. The van der Waals surface area contributed by atoms with E-state index in [-0.39, 0.29) is 53.8 Å². The van der Waals surface area contributed by atoms with Crippen molar-refractivity contribution in [2.75, 3.05) is 13.2 Å². The quantitative estimate of drug-likeness (QED) is 0.126. The molecule has 5 fully saturated rings. The van der Waals surface area contributed by atoms with E-state index in [1.807, 2.05) is 6.08 Å². The van der Waals surface area contributed by atoms with Gasteiger partial charge in [0.2, 0.25) is 0 Å². The molecule has 0 radical (unpaired) electrons. The summed E-state index contributed by atoms with van der Waals surface area (Å²) in [6.07, 6.45) is -3.63. The molecule has 13 nitrogen and oxygen atoms in total. The third-order valence-corrected chi connectivity index (χ3v) is 15.7. The fourth-order valence-corrected chi connectivity index (χ4v) is 12.6. The van der Waals surface area contributed by atoms with E-state index in [9.17, 15) is 40.5 Å². The van der Waals surface area contributed by atoms with E-state index >= 15 is 0 Å². The highest BCUT2D eigenvalue weighted by atomic mass is 16.7. The number of aliphatic hydroxyl groups excluding tert-OH is 7. The van der Waals surface area contributed by atoms with Crippen molar-refractivity contribution in [3.8, 4) is 0 Å². The second-order valence-corrected chi connectivity index (χ2v) is 19.7. The fourth-order valence-electron chi connectivity index (χ4n) is 12.6. The molecule has 0 bridgehead atoms. The maximum Gasteiger partial charge on any atom is 0.302 e. The molecule has 4 aliphatic carbocycles. The van der Waals surface area contributed by atoms with Crippen molar-refractivity contribution in [2.45, 2.75) is 181 Å². The van der Waals surface area contributed by atoms with Crippen LogP contribution in [-0.2, 0) is 28.5 Å². The number of hydrogen-bond donors (Lipinski definition) is 7. The standard InChI is InChI=1S/C43H70O13/c1-21(2)11-10-12-22(3)31-28(54-39-36(51)34(49)33(48)29(55-39)20-52-23(4)44)18-43(9)37-26(45)17-25-24(41(37,7)15-16-42(31,43)8)13-14-30(40(25,5)6)56-38-35(50)32(47)27(46)19-53-38/h11,17,22,24,26-39,45-51H,10,12-16,18-20H2,1-9H3/t22-,24+,26-,27-,28-,29-,30?,31+,32+,33-,34-,35-,36-,37?,38+,39-,41-,42-,43+/m1/s1. The summed E-state index contributed by atoms with van der Waals surface area (Å²) in [5.74, 6) is -0.359. The van der Waals surface area contributed by atoms with Gasteiger partial charge >= 0.3 is 5.97 Å². The molecule has 2 unspecified atom stereocenters. The summed E-state index contributed by atoms with van der Waals surface area (Å²) < 4.78 is 30.1. The zero-order chi connectivity index (χ0) is 41.3. The van der Waals surface area contributed by atoms with Crippen LogP contribution in [0.1, 0.15) is 107 Å². The van der Waals surface area contributed by atoms with Crippen LogP contribution in [0.2, 0.25) is 0 Å². The molecule has 2 saturated heterocycles. The van der Waals surface area contributed by atoms with E-state index in [2.05, 4.69) is 61.5 Å². The molecule has 13 heteroatoms. The molecule has 2 heterocycles. The van der Waals surface area contributed by atoms with E-state index in [1.165, 1.54) is 12.5 Å². The summed E-state index contributed by atoms with van der Waals surface area (Å²) in [7, 11) is 0. The van der Waals surface area contributed by atoms with Crippen LogP contribution in [0, 0.1) is 45.3 Å². The number of esters is 1. The monoisotopic (exact) mass is 794 g/mol. The SMILES string of the molecule is CC(=O)OC[C@H]1O[C@@H](O[C@@H]2C[C@@]3(C)C4[C@H](O)C=C5[C@H](CCC(O[C@@H]6OC[C@@H](O)[C@H](O)[C@H]6O)C5(C)C)[C@@]4(C)CC[C@]3(C)[C@H]2[C@H](C)CCC=C(C)C)[C@H](O)[C@H](O)[C@@H]1O.